The molecular weight excluding hydrogens is 278 g/mol. The topological polar surface area (TPSA) is 20.3 Å². The number of halogens is 1. The van der Waals surface area contributed by atoms with Crippen LogP contribution in [-0.4, -0.2) is 23.9 Å². The number of aryl methyl sites for hydroxylation is 1. The molecule has 1 amide bonds. The van der Waals surface area contributed by atoms with Crippen LogP contribution in [0.25, 0.3) is 0 Å². The summed E-state index contributed by atoms with van der Waals surface area (Å²) >= 11 is 3.46. The molecule has 0 N–H and O–H groups in total. The van der Waals surface area contributed by atoms with Gasteiger partial charge in [-0.15, -0.1) is 0 Å². The maximum absolute atomic E-state index is 12.2. The van der Waals surface area contributed by atoms with Gasteiger partial charge in [-0.1, -0.05) is 22.4 Å². The summed E-state index contributed by atoms with van der Waals surface area (Å²) < 4.78 is 1.06. The Bertz CT molecular complexity index is 471. The van der Waals surface area contributed by atoms with Crippen LogP contribution in [0.1, 0.15) is 35.2 Å². The zero-order chi connectivity index (χ0) is 12.0. The summed E-state index contributed by atoms with van der Waals surface area (Å²) in [5, 5.41) is 0. The van der Waals surface area contributed by atoms with Gasteiger partial charge in [0.05, 0.1) is 0 Å². The molecule has 2 aliphatic rings. The molecular formula is C14H16BrNO. The maximum Gasteiger partial charge on any atom is 0.253 e. The zero-order valence-electron chi connectivity index (χ0n) is 10.0. The van der Waals surface area contributed by atoms with Crippen LogP contribution in [0.15, 0.2) is 22.7 Å². The van der Waals surface area contributed by atoms with Crippen molar-refractivity contribution in [3.05, 3.63) is 33.8 Å². The fourth-order valence-corrected chi connectivity index (χ4v) is 3.11. The van der Waals surface area contributed by atoms with Crippen molar-refractivity contribution in [2.75, 3.05) is 13.1 Å². The van der Waals surface area contributed by atoms with Gasteiger partial charge in [-0.05, 0) is 43.5 Å². The lowest BCUT2D eigenvalue weighted by Crippen LogP contribution is -2.61. The van der Waals surface area contributed by atoms with Gasteiger partial charge in [0.25, 0.3) is 5.91 Å². The molecule has 3 heteroatoms. The van der Waals surface area contributed by atoms with Crippen LogP contribution in [0.4, 0.5) is 0 Å². The van der Waals surface area contributed by atoms with Gasteiger partial charge in [-0.25, -0.2) is 0 Å². The highest BCUT2D eigenvalue weighted by Crippen LogP contribution is 2.48. The quantitative estimate of drug-likeness (QED) is 0.777. The summed E-state index contributed by atoms with van der Waals surface area (Å²) in [6.45, 7) is 3.96. The Kier molecular flexibility index (Phi) is 2.54. The SMILES string of the molecule is Cc1cc(C(=O)N2CC3(CCC3)C2)ccc1Br. The molecule has 1 spiro atoms. The summed E-state index contributed by atoms with van der Waals surface area (Å²) in [6, 6.07) is 5.84. The van der Waals surface area contributed by atoms with E-state index in [2.05, 4.69) is 15.9 Å². The zero-order valence-corrected chi connectivity index (χ0v) is 11.6. The Morgan fingerprint density at radius 3 is 2.59 bits per heavy atom. The molecule has 1 aliphatic heterocycles. The molecule has 1 aliphatic carbocycles. The Hall–Kier alpha value is -0.830. The van der Waals surface area contributed by atoms with Crippen molar-refractivity contribution >= 4 is 21.8 Å². The number of hydrogen-bond donors (Lipinski definition) is 0. The fraction of sp³-hybridized carbons (Fsp3) is 0.500. The van der Waals surface area contributed by atoms with Crippen LogP contribution < -0.4 is 0 Å². The van der Waals surface area contributed by atoms with E-state index < -0.39 is 0 Å². The number of likely N-dealkylation sites (tertiary alicyclic amines) is 1. The van der Waals surface area contributed by atoms with Gasteiger partial charge in [-0.3, -0.25) is 4.79 Å². The van der Waals surface area contributed by atoms with Gasteiger partial charge in [-0.2, -0.15) is 0 Å². The van der Waals surface area contributed by atoms with E-state index in [0.717, 1.165) is 28.7 Å². The summed E-state index contributed by atoms with van der Waals surface area (Å²) in [5.41, 5.74) is 2.45. The largest absolute Gasteiger partial charge is 0.337 e. The maximum atomic E-state index is 12.2. The molecule has 3 rings (SSSR count). The van der Waals surface area contributed by atoms with E-state index in [9.17, 15) is 4.79 Å². The molecule has 2 nitrogen and oxygen atoms in total. The first-order valence-corrected chi connectivity index (χ1v) is 6.94. The van der Waals surface area contributed by atoms with Crippen LogP contribution >= 0.6 is 15.9 Å². The summed E-state index contributed by atoms with van der Waals surface area (Å²) in [4.78, 5) is 14.2. The van der Waals surface area contributed by atoms with Gasteiger partial charge >= 0.3 is 0 Å². The molecule has 17 heavy (non-hydrogen) atoms. The molecule has 1 heterocycles. The lowest BCUT2D eigenvalue weighted by Gasteiger charge is -2.55. The van der Waals surface area contributed by atoms with Crippen molar-refractivity contribution < 1.29 is 4.79 Å². The first-order chi connectivity index (χ1) is 8.10. The third-order valence-corrected chi connectivity index (χ3v) is 5.05. The van der Waals surface area contributed by atoms with Crippen LogP contribution in [0.5, 0.6) is 0 Å². The fourth-order valence-electron chi connectivity index (χ4n) is 2.86. The van der Waals surface area contributed by atoms with Crippen molar-refractivity contribution in [2.24, 2.45) is 5.41 Å². The van der Waals surface area contributed by atoms with Gasteiger partial charge in [0.15, 0.2) is 0 Å². The lowest BCUT2D eigenvalue weighted by atomic mass is 9.63. The van der Waals surface area contributed by atoms with E-state index in [4.69, 9.17) is 0 Å². The molecule has 0 aromatic heterocycles. The number of hydrogen-bond acceptors (Lipinski definition) is 1. The van der Waals surface area contributed by atoms with E-state index in [1.165, 1.54) is 19.3 Å². The highest BCUT2D eigenvalue weighted by molar-refractivity contribution is 9.10. The van der Waals surface area contributed by atoms with Crippen molar-refractivity contribution in [1.29, 1.82) is 0 Å². The average molecular weight is 294 g/mol. The van der Waals surface area contributed by atoms with Crippen LogP contribution in [-0.2, 0) is 0 Å². The Labute approximate surface area is 110 Å². The standard InChI is InChI=1S/C14H16BrNO/c1-10-7-11(3-4-12(10)15)13(17)16-8-14(9-16)5-2-6-14/h3-4,7H,2,5-6,8-9H2,1H3. The van der Waals surface area contributed by atoms with Crippen LogP contribution in [0.3, 0.4) is 0 Å². The van der Waals surface area contributed by atoms with Gasteiger partial charge in [0.2, 0.25) is 0 Å². The number of amides is 1. The molecule has 0 bridgehead atoms. The second-order valence-corrected chi connectivity index (χ2v) is 6.33. The van der Waals surface area contributed by atoms with Crippen molar-refractivity contribution in [1.82, 2.24) is 4.90 Å². The van der Waals surface area contributed by atoms with E-state index in [1.807, 2.05) is 30.0 Å². The van der Waals surface area contributed by atoms with Gasteiger partial charge < -0.3 is 4.90 Å². The second-order valence-electron chi connectivity index (χ2n) is 5.48. The van der Waals surface area contributed by atoms with E-state index >= 15 is 0 Å². The van der Waals surface area contributed by atoms with E-state index in [-0.39, 0.29) is 5.91 Å². The highest BCUT2D eigenvalue weighted by atomic mass is 79.9. The summed E-state index contributed by atoms with van der Waals surface area (Å²) in [6.07, 6.45) is 3.98. The van der Waals surface area contributed by atoms with Crippen molar-refractivity contribution in [3.63, 3.8) is 0 Å². The number of rotatable bonds is 1. The molecule has 1 saturated carbocycles. The normalized spacial score (nSPS) is 20.9. The third-order valence-electron chi connectivity index (χ3n) is 4.16. The molecule has 90 valence electrons. The monoisotopic (exact) mass is 293 g/mol. The third kappa shape index (κ3) is 1.81. The van der Waals surface area contributed by atoms with Crippen LogP contribution in [0, 0.1) is 12.3 Å². The molecule has 1 aromatic carbocycles. The molecule has 0 unspecified atom stereocenters. The van der Waals surface area contributed by atoms with Gasteiger partial charge in [0.1, 0.15) is 0 Å². The smallest absolute Gasteiger partial charge is 0.253 e. The number of carbonyl (C=O) groups excluding carboxylic acids is 1. The summed E-state index contributed by atoms with van der Waals surface area (Å²) in [5.74, 6) is 0.193. The molecule has 2 fully saturated rings. The Morgan fingerprint density at radius 1 is 1.35 bits per heavy atom. The lowest BCUT2D eigenvalue weighted by molar-refractivity contribution is -0.0426. The average Bonchev–Trinajstić information content (AvgIpc) is 2.17. The molecule has 1 aromatic rings. The highest BCUT2D eigenvalue weighted by Gasteiger charge is 2.48. The first kappa shape index (κ1) is 11.3. The predicted molar refractivity (Wildman–Crippen MR) is 71.1 cm³/mol. The number of carbonyl (C=O) groups is 1. The van der Waals surface area contributed by atoms with Crippen molar-refractivity contribution in [2.45, 2.75) is 26.2 Å². The predicted octanol–water partition coefficient (Wildman–Crippen LogP) is 3.38. The first-order valence-electron chi connectivity index (χ1n) is 6.15. The van der Waals surface area contributed by atoms with Gasteiger partial charge in [0, 0.05) is 28.5 Å². The van der Waals surface area contributed by atoms with Crippen LogP contribution in [0.2, 0.25) is 0 Å². The molecule has 1 saturated heterocycles. The molecule has 0 atom stereocenters. The minimum atomic E-state index is 0.193. The number of benzene rings is 1. The minimum Gasteiger partial charge on any atom is -0.337 e. The Morgan fingerprint density at radius 2 is 2.06 bits per heavy atom. The minimum absolute atomic E-state index is 0.193. The van der Waals surface area contributed by atoms with Crippen molar-refractivity contribution in [3.8, 4) is 0 Å². The van der Waals surface area contributed by atoms with E-state index in [0.29, 0.717) is 5.41 Å². The second kappa shape index (κ2) is 3.84. The summed E-state index contributed by atoms with van der Waals surface area (Å²) in [7, 11) is 0. The molecule has 0 radical (unpaired) electrons. The van der Waals surface area contributed by atoms with E-state index in [1.54, 1.807) is 0 Å². The number of nitrogens with zero attached hydrogens (tertiary/aromatic N) is 1. The Balaban J connectivity index is 1.72.